The molecule has 0 saturated heterocycles. The molecule has 7 heteroatoms. The maximum Gasteiger partial charge on any atom is 0.410 e. The number of alkyl carbamates (subject to hydrolysis) is 1. The van der Waals surface area contributed by atoms with Gasteiger partial charge in [0.2, 0.25) is 6.29 Å². The fraction of sp³-hybridized carbons (Fsp3) is 0.812. The maximum absolute atomic E-state index is 11.9. The summed E-state index contributed by atoms with van der Waals surface area (Å²) in [5.41, 5.74) is 0. The van der Waals surface area contributed by atoms with Gasteiger partial charge in [0.05, 0.1) is 6.42 Å². The lowest BCUT2D eigenvalue weighted by molar-refractivity contribution is -0.164. The summed E-state index contributed by atoms with van der Waals surface area (Å²) in [5.74, 6) is -1.22. The van der Waals surface area contributed by atoms with Crippen LogP contribution in [0.5, 0.6) is 0 Å². The SMILES string of the molecule is CCC[C@@H](C)[C@@H](C)[C@@H](CC(=O)O)NC(=O)O[C@H](C)OC(=O)CC. The predicted octanol–water partition coefficient (Wildman–Crippen LogP) is 2.93. The van der Waals surface area contributed by atoms with E-state index in [1.807, 2.05) is 13.8 Å². The first-order chi connectivity index (χ1) is 10.7. The first kappa shape index (κ1) is 21.2. The van der Waals surface area contributed by atoms with Gasteiger partial charge in [-0.2, -0.15) is 0 Å². The van der Waals surface area contributed by atoms with E-state index < -0.39 is 30.4 Å². The summed E-state index contributed by atoms with van der Waals surface area (Å²) in [7, 11) is 0. The van der Waals surface area contributed by atoms with Gasteiger partial charge in [0.15, 0.2) is 0 Å². The molecule has 0 aromatic rings. The van der Waals surface area contributed by atoms with E-state index in [2.05, 4.69) is 12.2 Å². The smallest absolute Gasteiger partial charge is 0.410 e. The number of nitrogens with one attached hydrogen (secondary N) is 1. The first-order valence-electron chi connectivity index (χ1n) is 8.09. The van der Waals surface area contributed by atoms with Crippen molar-refractivity contribution in [1.82, 2.24) is 5.32 Å². The van der Waals surface area contributed by atoms with Crippen LogP contribution in [0.3, 0.4) is 0 Å². The molecule has 0 aliphatic rings. The van der Waals surface area contributed by atoms with E-state index in [-0.39, 0.29) is 24.7 Å². The number of amides is 1. The molecule has 0 heterocycles. The lowest BCUT2D eigenvalue weighted by Crippen LogP contribution is -2.44. The van der Waals surface area contributed by atoms with Crippen molar-refractivity contribution in [3.05, 3.63) is 0 Å². The Morgan fingerprint density at radius 3 is 2.17 bits per heavy atom. The van der Waals surface area contributed by atoms with E-state index in [4.69, 9.17) is 14.6 Å². The van der Waals surface area contributed by atoms with Gasteiger partial charge in [-0.1, -0.05) is 40.5 Å². The van der Waals surface area contributed by atoms with Gasteiger partial charge in [0, 0.05) is 19.4 Å². The molecule has 4 atom stereocenters. The molecule has 0 unspecified atom stereocenters. The Morgan fingerprint density at radius 2 is 1.70 bits per heavy atom. The zero-order valence-corrected chi connectivity index (χ0v) is 14.6. The van der Waals surface area contributed by atoms with Crippen molar-refractivity contribution < 1.29 is 29.0 Å². The Balaban J connectivity index is 4.66. The van der Waals surface area contributed by atoms with Gasteiger partial charge in [0.25, 0.3) is 0 Å². The highest BCUT2D eigenvalue weighted by atomic mass is 16.7. The largest absolute Gasteiger partial charge is 0.481 e. The van der Waals surface area contributed by atoms with Crippen LogP contribution >= 0.6 is 0 Å². The topological polar surface area (TPSA) is 102 Å². The van der Waals surface area contributed by atoms with E-state index in [1.54, 1.807) is 6.92 Å². The van der Waals surface area contributed by atoms with Crippen LogP contribution < -0.4 is 5.32 Å². The monoisotopic (exact) mass is 331 g/mol. The summed E-state index contributed by atoms with van der Waals surface area (Å²) in [6, 6.07) is -0.546. The van der Waals surface area contributed by atoms with Gasteiger partial charge in [-0.25, -0.2) is 4.79 Å². The molecule has 0 aliphatic heterocycles. The molecule has 2 N–H and O–H groups in total. The van der Waals surface area contributed by atoms with Crippen molar-refractivity contribution in [2.75, 3.05) is 0 Å². The number of ether oxygens (including phenoxy) is 2. The Labute approximate surface area is 137 Å². The van der Waals surface area contributed by atoms with Crippen LogP contribution in [0, 0.1) is 11.8 Å². The standard InChI is InChI=1S/C16H29NO6/c1-6-8-10(3)11(4)13(9-14(18)19)17-16(21)23-12(5)22-15(20)7-2/h10-13H,6-9H2,1-5H3,(H,17,21)(H,18,19)/t10-,11-,12-,13-/m1/s1. The molecule has 0 aromatic heterocycles. The number of hydrogen-bond donors (Lipinski definition) is 2. The Morgan fingerprint density at radius 1 is 1.09 bits per heavy atom. The molecule has 0 aromatic carbocycles. The van der Waals surface area contributed by atoms with Crippen molar-refractivity contribution >= 4 is 18.0 Å². The molecule has 23 heavy (non-hydrogen) atoms. The van der Waals surface area contributed by atoms with Crippen molar-refractivity contribution in [3.63, 3.8) is 0 Å². The summed E-state index contributed by atoms with van der Waals surface area (Å²) < 4.78 is 9.78. The summed E-state index contributed by atoms with van der Waals surface area (Å²) in [4.78, 5) is 34.0. The third-order valence-electron chi connectivity index (χ3n) is 3.83. The van der Waals surface area contributed by atoms with Crippen molar-refractivity contribution in [2.24, 2.45) is 11.8 Å². The quantitative estimate of drug-likeness (QED) is 0.471. The Kier molecular flexibility index (Phi) is 10.0. The number of hydrogen-bond acceptors (Lipinski definition) is 5. The highest BCUT2D eigenvalue weighted by Gasteiger charge is 2.27. The van der Waals surface area contributed by atoms with Gasteiger partial charge >= 0.3 is 18.0 Å². The lowest BCUT2D eigenvalue weighted by atomic mass is 9.84. The summed E-state index contributed by atoms with van der Waals surface area (Å²) >= 11 is 0. The number of esters is 1. The minimum Gasteiger partial charge on any atom is -0.481 e. The summed E-state index contributed by atoms with van der Waals surface area (Å²) in [6.45, 7) is 9.06. The van der Waals surface area contributed by atoms with Crippen LogP contribution in [0.4, 0.5) is 4.79 Å². The van der Waals surface area contributed by atoms with Crippen molar-refractivity contribution in [1.29, 1.82) is 0 Å². The molecule has 0 radical (unpaired) electrons. The fourth-order valence-electron chi connectivity index (χ4n) is 2.30. The Hall–Kier alpha value is -1.79. The second-order valence-corrected chi connectivity index (χ2v) is 5.79. The minimum absolute atomic E-state index is 0.0212. The number of aliphatic carboxylic acids is 1. The molecule has 0 saturated carbocycles. The van der Waals surface area contributed by atoms with Gasteiger partial charge < -0.3 is 19.9 Å². The molecule has 0 spiro atoms. The van der Waals surface area contributed by atoms with Crippen LogP contribution in [0.1, 0.15) is 60.3 Å². The van der Waals surface area contributed by atoms with Crippen molar-refractivity contribution in [3.8, 4) is 0 Å². The van der Waals surface area contributed by atoms with Crippen molar-refractivity contribution in [2.45, 2.75) is 72.6 Å². The third kappa shape index (κ3) is 9.05. The zero-order chi connectivity index (χ0) is 18.0. The number of rotatable bonds is 10. The van der Waals surface area contributed by atoms with Gasteiger partial charge in [-0.15, -0.1) is 0 Å². The van der Waals surface area contributed by atoms with Crippen LogP contribution in [0.25, 0.3) is 0 Å². The van der Waals surface area contributed by atoms with Crippen LogP contribution in [-0.2, 0) is 19.1 Å². The summed E-state index contributed by atoms with van der Waals surface area (Å²) in [5, 5.41) is 11.6. The molecule has 1 amide bonds. The van der Waals surface area contributed by atoms with Crippen LogP contribution in [0.2, 0.25) is 0 Å². The third-order valence-corrected chi connectivity index (χ3v) is 3.83. The maximum atomic E-state index is 11.9. The fourth-order valence-corrected chi connectivity index (χ4v) is 2.30. The average Bonchev–Trinajstić information content (AvgIpc) is 2.44. The number of carbonyl (C=O) groups excluding carboxylic acids is 2. The van der Waals surface area contributed by atoms with Gasteiger partial charge in [-0.3, -0.25) is 9.59 Å². The van der Waals surface area contributed by atoms with E-state index >= 15 is 0 Å². The number of carboxylic acids is 1. The number of carboxylic acid groups (broad SMARTS) is 1. The normalized spacial score (nSPS) is 15.9. The molecule has 134 valence electrons. The van der Waals surface area contributed by atoms with Crippen LogP contribution in [-0.4, -0.2) is 35.5 Å². The average molecular weight is 331 g/mol. The molecule has 0 rings (SSSR count). The highest BCUT2D eigenvalue weighted by Crippen LogP contribution is 2.22. The van der Waals surface area contributed by atoms with Gasteiger partial charge in [-0.05, 0) is 11.8 Å². The first-order valence-corrected chi connectivity index (χ1v) is 8.09. The molecule has 0 aliphatic carbocycles. The molecule has 7 nitrogen and oxygen atoms in total. The highest BCUT2D eigenvalue weighted by molar-refractivity contribution is 5.72. The van der Waals surface area contributed by atoms with E-state index in [9.17, 15) is 14.4 Å². The van der Waals surface area contributed by atoms with E-state index in [0.29, 0.717) is 0 Å². The predicted molar refractivity (Wildman–Crippen MR) is 84.7 cm³/mol. The van der Waals surface area contributed by atoms with E-state index in [1.165, 1.54) is 6.92 Å². The second kappa shape index (κ2) is 10.9. The Bertz CT molecular complexity index is 398. The second-order valence-electron chi connectivity index (χ2n) is 5.79. The molecular formula is C16H29NO6. The lowest BCUT2D eigenvalue weighted by Gasteiger charge is -2.28. The number of carbonyl (C=O) groups is 3. The van der Waals surface area contributed by atoms with E-state index in [0.717, 1.165) is 12.8 Å². The zero-order valence-electron chi connectivity index (χ0n) is 14.6. The molecule has 0 bridgehead atoms. The molecular weight excluding hydrogens is 302 g/mol. The van der Waals surface area contributed by atoms with Gasteiger partial charge in [0.1, 0.15) is 0 Å². The minimum atomic E-state index is -1.02. The van der Waals surface area contributed by atoms with Crippen LogP contribution in [0.15, 0.2) is 0 Å². The molecule has 0 fully saturated rings. The summed E-state index contributed by atoms with van der Waals surface area (Å²) in [6.07, 6.45) is 0.119.